The van der Waals surface area contributed by atoms with Crippen molar-refractivity contribution in [3.8, 4) is 0 Å². The summed E-state index contributed by atoms with van der Waals surface area (Å²) in [5.74, 6) is 0.609. The van der Waals surface area contributed by atoms with E-state index in [1.54, 1.807) is 6.08 Å². The lowest BCUT2D eigenvalue weighted by Gasteiger charge is -2.13. The van der Waals surface area contributed by atoms with Crippen LogP contribution >= 0.6 is 0 Å². The van der Waals surface area contributed by atoms with Crippen LogP contribution in [-0.4, -0.2) is 6.08 Å². The van der Waals surface area contributed by atoms with Crippen molar-refractivity contribution in [2.24, 2.45) is 4.99 Å². The van der Waals surface area contributed by atoms with Crippen LogP contribution < -0.4 is 0 Å². The summed E-state index contributed by atoms with van der Waals surface area (Å²) in [5.41, 5.74) is 3.10. The summed E-state index contributed by atoms with van der Waals surface area (Å²) in [6, 6.07) is 6.07. The number of hydrogen-bond donors (Lipinski definition) is 0. The van der Waals surface area contributed by atoms with Gasteiger partial charge in [-0.15, -0.1) is 0 Å². The van der Waals surface area contributed by atoms with E-state index in [1.807, 2.05) is 13.0 Å². The number of aryl methyl sites for hydroxylation is 1. The molecule has 0 aliphatic carbocycles. The fourth-order valence-electron chi connectivity index (χ4n) is 1.87. The SMILES string of the molecule is CCC(CC)c1ccc(N=C=O)c(C)c1. The van der Waals surface area contributed by atoms with E-state index in [1.165, 1.54) is 5.56 Å². The predicted octanol–water partition coefficient (Wildman–Crippen LogP) is 3.87. The molecule has 0 aliphatic heterocycles. The first-order valence-electron chi connectivity index (χ1n) is 5.41. The van der Waals surface area contributed by atoms with Crippen LogP contribution in [0, 0.1) is 6.92 Å². The normalized spacial score (nSPS) is 10.1. The monoisotopic (exact) mass is 203 g/mol. The predicted molar refractivity (Wildman–Crippen MR) is 62.3 cm³/mol. The Hall–Kier alpha value is -1.40. The molecular weight excluding hydrogens is 186 g/mol. The first kappa shape index (κ1) is 11.7. The molecule has 1 aromatic rings. The average molecular weight is 203 g/mol. The molecule has 0 unspecified atom stereocenters. The quantitative estimate of drug-likeness (QED) is 0.539. The van der Waals surface area contributed by atoms with E-state index in [9.17, 15) is 4.79 Å². The summed E-state index contributed by atoms with van der Waals surface area (Å²) in [4.78, 5) is 13.8. The lowest BCUT2D eigenvalue weighted by molar-refractivity contribution is 0.565. The van der Waals surface area contributed by atoms with Crippen molar-refractivity contribution in [2.75, 3.05) is 0 Å². The van der Waals surface area contributed by atoms with Gasteiger partial charge >= 0.3 is 0 Å². The second-order valence-electron chi connectivity index (χ2n) is 3.76. The van der Waals surface area contributed by atoms with Gasteiger partial charge in [-0.3, -0.25) is 0 Å². The van der Waals surface area contributed by atoms with Crippen LogP contribution in [0.1, 0.15) is 43.7 Å². The van der Waals surface area contributed by atoms with Crippen LogP contribution in [0.4, 0.5) is 5.69 Å². The van der Waals surface area contributed by atoms with Crippen LogP contribution in [0.2, 0.25) is 0 Å². The Morgan fingerprint density at radius 1 is 1.33 bits per heavy atom. The van der Waals surface area contributed by atoms with E-state index < -0.39 is 0 Å². The maximum atomic E-state index is 10.2. The fourth-order valence-corrected chi connectivity index (χ4v) is 1.87. The van der Waals surface area contributed by atoms with Crippen molar-refractivity contribution in [2.45, 2.75) is 39.5 Å². The maximum Gasteiger partial charge on any atom is 0.240 e. The smallest absolute Gasteiger partial charge is 0.211 e. The molecule has 0 saturated carbocycles. The molecule has 0 N–H and O–H groups in total. The van der Waals surface area contributed by atoms with Crippen LogP contribution in [0.25, 0.3) is 0 Å². The Morgan fingerprint density at radius 3 is 2.47 bits per heavy atom. The van der Waals surface area contributed by atoms with Crippen molar-refractivity contribution in [1.82, 2.24) is 0 Å². The molecule has 0 aliphatic rings. The molecule has 0 heterocycles. The Labute approximate surface area is 91.0 Å². The van der Waals surface area contributed by atoms with Crippen molar-refractivity contribution < 1.29 is 4.79 Å². The standard InChI is InChI=1S/C13H17NO/c1-4-11(5-2)12-6-7-13(14-9-15)10(3)8-12/h6-8,11H,4-5H2,1-3H3. The first-order valence-corrected chi connectivity index (χ1v) is 5.41. The molecule has 1 aromatic carbocycles. The highest BCUT2D eigenvalue weighted by molar-refractivity contribution is 5.54. The molecule has 0 radical (unpaired) electrons. The fraction of sp³-hybridized carbons (Fsp3) is 0.462. The Morgan fingerprint density at radius 2 is 2.00 bits per heavy atom. The van der Waals surface area contributed by atoms with Gasteiger partial charge in [0.2, 0.25) is 6.08 Å². The van der Waals surface area contributed by atoms with Gasteiger partial charge in [0.05, 0.1) is 5.69 Å². The number of carbonyl (C=O) groups excluding carboxylic acids is 1. The molecule has 1 rings (SSSR count). The van der Waals surface area contributed by atoms with Crippen LogP contribution in [-0.2, 0) is 4.79 Å². The van der Waals surface area contributed by atoms with Gasteiger partial charge < -0.3 is 0 Å². The highest BCUT2D eigenvalue weighted by Gasteiger charge is 2.07. The largest absolute Gasteiger partial charge is 0.240 e. The molecule has 0 spiro atoms. The molecule has 0 atom stereocenters. The Bertz CT molecular complexity index is 374. The Kier molecular flexibility index (Phi) is 4.26. The van der Waals surface area contributed by atoms with Gasteiger partial charge in [-0.25, -0.2) is 4.79 Å². The zero-order chi connectivity index (χ0) is 11.3. The van der Waals surface area contributed by atoms with Crippen LogP contribution in [0.3, 0.4) is 0 Å². The van der Waals surface area contributed by atoms with E-state index >= 15 is 0 Å². The zero-order valence-electron chi connectivity index (χ0n) is 9.58. The average Bonchev–Trinajstić information content (AvgIpc) is 2.24. The number of rotatable bonds is 4. The molecule has 0 bridgehead atoms. The van der Waals surface area contributed by atoms with E-state index in [-0.39, 0.29) is 0 Å². The highest BCUT2D eigenvalue weighted by Crippen LogP contribution is 2.27. The number of isocyanates is 1. The van der Waals surface area contributed by atoms with Crippen molar-refractivity contribution in [1.29, 1.82) is 0 Å². The maximum absolute atomic E-state index is 10.2. The lowest BCUT2D eigenvalue weighted by Crippen LogP contribution is -1.95. The minimum Gasteiger partial charge on any atom is -0.211 e. The van der Waals surface area contributed by atoms with Crippen LogP contribution in [0.5, 0.6) is 0 Å². The summed E-state index contributed by atoms with van der Waals surface area (Å²) in [5, 5.41) is 0. The molecule has 2 heteroatoms. The summed E-state index contributed by atoms with van der Waals surface area (Å²) >= 11 is 0. The second-order valence-corrected chi connectivity index (χ2v) is 3.76. The van der Waals surface area contributed by atoms with Gasteiger partial charge in [-0.1, -0.05) is 26.0 Å². The molecule has 80 valence electrons. The first-order chi connectivity index (χ1) is 7.22. The minimum atomic E-state index is 0.609. The van der Waals surface area contributed by atoms with Gasteiger partial charge in [-0.05, 0) is 42.9 Å². The third-order valence-electron chi connectivity index (χ3n) is 2.84. The van der Waals surface area contributed by atoms with E-state index in [0.29, 0.717) is 5.92 Å². The summed E-state index contributed by atoms with van der Waals surface area (Å²) in [6.45, 7) is 6.37. The second kappa shape index (κ2) is 5.47. The molecule has 0 saturated heterocycles. The molecular formula is C13H17NO. The topological polar surface area (TPSA) is 29.4 Å². The highest BCUT2D eigenvalue weighted by atomic mass is 16.1. The third-order valence-corrected chi connectivity index (χ3v) is 2.84. The van der Waals surface area contributed by atoms with E-state index in [2.05, 4.69) is 31.0 Å². The third kappa shape index (κ3) is 2.77. The molecule has 0 fully saturated rings. The van der Waals surface area contributed by atoms with Crippen molar-refractivity contribution in [3.05, 3.63) is 29.3 Å². The molecule has 2 nitrogen and oxygen atoms in total. The number of benzene rings is 1. The molecule has 15 heavy (non-hydrogen) atoms. The summed E-state index contributed by atoms with van der Waals surface area (Å²) in [6.07, 6.45) is 3.87. The van der Waals surface area contributed by atoms with Crippen LogP contribution in [0.15, 0.2) is 23.2 Å². The number of nitrogens with zero attached hydrogens (tertiary/aromatic N) is 1. The number of hydrogen-bond acceptors (Lipinski definition) is 2. The summed E-state index contributed by atoms with van der Waals surface area (Å²) in [7, 11) is 0. The zero-order valence-corrected chi connectivity index (χ0v) is 9.58. The van der Waals surface area contributed by atoms with E-state index in [0.717, 1.165) is 24.1 Å². The molecule has 0 aromatic heterocycles. The number of aliphatic imine (C=N–C) groups is 1. The Balaban J connectivity index is 3.04. The van der Waals surface area contributed by atoms with Gasteiger partial charge in [0.25, 0.3) is 0 Å². The van der Waals surface area contributed by atoms with Gasteiger partial charge in [0.1, 0.15) is 0 Å². The lowest BCUT2D eigenvalue weighted by atomic mass is 9.92. The summed E-state index contributed by atoms with van der Waals surface area (Å²) < 4.78 is 0. The van der Waals surface area contributed by atoms with Crippen molar-refractivity contribution >= 4 is 11.8 Å². The van der Waals surface area contributed by atoms with Gasteiger partial charge in [-0.2, -0.15) is 4.99 Å². The van der Waals surface area contributed by atoms with Gasteiger partial charge in [0, 0.05) is 0 Å². The van der Waals surface area contributed by atoms with Gasteiger partial charge in [0.15, 0.2) is 0 Å². The van der Waals surface area contributed by atoms with Crippen molar-refractivity contribution in [3.63, 3.8) is 0 Å². The molecule has 0 amide bonds. The minimum absolute atomic E-state index is 0.609. The van der Waals surface area contributed by atoms with E-state index in [4.69, 9.17) is 0 Å².